The number of amides is 2. The molecule has 1 aromatic carbocycles. The van der Waals surface area contributed by atoms with Crippen molar-refractivity contribution in [3.8, 4) is 0 Å². The lowest BCUT2D eigenvalue weighted by Crippen LogP contribution is -2.42. The Labute approximate surface area is 124 Å². The maximum atomic E-state index is 12.9. The average molecular weight is 315 g/mol. The van der Waals surface area contributed by atoms with Crippen LogP contribution in [0.4, 0.5) is 4.39 Å². The molecule has 0 heterocycles. The second kappa shape index (κ2) is 7.39. The average Bonchev–Trinajstić information content (AvgIpc) is 2.38. The quantitative estimate of drug-likeness (QED) is 0.679. The molecule has 8 heteroatoms. The number of aliphatic carboxylic acids is 1. The molecule has 0 radical (unpaired) electrons. The Morgan fingerprint density at radius 1 is 1.43 bits per heavy atom. The molecule has 4 N–H and O–H groups in total. The number of primary amides is 1. The van der Waals surface area contributed by atoms with Crippen LogP contribution in [0, 0.1) is 5.82 Å². The van der Waals surface area contributed by atoms with Gasteiger partial charge in [-0.2, -0.15) is 0 Å². The first kappa shape index (κ1) is 16.6. The summed E-state index contributed by atoms with van der Waals surface area (Å²) in [4.78, 5) is 33.0. The van der Waals surface area contributed by atoms with Gasteiger partial charge in [-0.05, 0) is 23.8 Å². The van der Waals surface area contributed by atoms with Crippen molar-refractivity contribution >= 4 is 35.5 Å². The molecular formula is C13H12ClFN2O4. The molecule has 0 spiro atoms. The Morgan fingerprint density at radius 2 is 2.10 bits per heavy atom. The molecular weight excluding hydrogens is 303 g/mol. The van der Waals surface area contributed by atoms with Crippen LogP contribution in [0.15, 0.2) is 24.3 Å². The minimum Gasteiger partial charge on any atom is -0.480 e. The number of benzene rings is 1. The van der Waals surface area contributed by atoms with Crippen molar-refractivity contribution < 1.29 is 23.9 Å². The molecule has 1 rings (SSSR count). The Bertz CT molecular complexity index is 604. The normalized spacial score (nSPS) is 12.1. The van der Waals surface area contributed by atoms with Crippen molar-refractivity contribution in [3.63, 3.8) is 0 Å². The van der Waals surface area contributed by atoms with Crippen molar-refractivity contribution in [2.24, 2.45) is 5.73 Å². The summed E-state index contributed by atoms with van der Waals surface area (Å²) in [6, 6.07) is 2.42. The number of carbonyl (C=O) groups is 3. The topological polar surface area (TPSA) is 109 Å². The molecule has 0 aliphatic carbocycles. The van der Waals surface area contributed by atoms with Gasteiger partial charge >= 0.3 is 5.97 Å². The number of carboxylic acid groups (broad SMARTS) is 1. The van der Waals surface area contributed by atoms with E-state index in [1.165, 1.54) is 18.2 Å². The summed E-state index contributed by atoms with van der Waals surface area (Å²) < 4.78 is 12.9. The number of carbonyl (C=O) groups excluding carboxylic acids is 2. The highest BCUT2D eigenvalue weighted by molar-refractivity contribution is 6.30. The van der Waals surface area contributed by atoms with E-state index in [4.69, 9.17) is 22.4 Å². The van der Waals surface area contributed by atoms with Crippen molar-refractivity contribution in [2.45, 2.75) is 12.5 Å². The fourth-order valence-electron chi connectivity index (χ4n) is 1.41. The van der Waals surface area contributed by atoms with Crippen LogP contribution in [0.2, 0.25) is 5.02 Å². The van der Waals surface area contributed by atoms with Crippen LogP contribution in [0.3, 0.4) is 0 Å². The monoisotopic (exact) mass is 314 g/mol. The minimum absolute atomic E-state index is 0.102. The zero-order valence-corrected chi connectivity index (χ0v) is 11.4. The van der Waals surface area contributed by atoms with Crippen molar-refractivity contribution in [2.75, 3.05) is 0 Å². The third-order valence-electron chi connectivity index (χ3n) is 2.39. The largest absolute Gasteiger partial charge is 0.480 e. The number of nitrogens with two attached hydrogens (primary N) is 1. The Morgan fingerprint density at radius 3 is 2.62 bits per heavy atom. The maximum Gasteiger partial charge on any atom is 0.326 e. The van der Waals surface area contributed by atoms with Crippen LogP contribution in [0.5, 0.6) is 0 Å². The number of hydrogen-bond donors (Lipinski definition) is 3. The second-order valence-corrected chi connectivity index (χ2v) is 4.48. The molecule has 2 amide bonds. The van der Waals surface area contributed by atoms with Crippen LogP contribution in [-0.2, 0) is 14.4 Å². The summed E-state index contributed by atoms with van der Waals surface area (Å²) in [5.41, 5.74) is 5.34. The smallest absolute Gasteiger partial charge is 0.326 e. The fraction of sp³-hybridized carbons (Fsp3) is 0.154. The minimum atomic E-state index is -1.41. The van der Waals surface area contributed by atoms with Gasteiger partial charge in [0.1, 0.15) is 11.9 Å². The fourth-order valence-corrected chi connectivity index (χ4v) is 1.60. The molecule has 1 atom stereocenters. The van der Waals surface area contributed by atoms with Gasteiger partial charge in [0.25, 0.3) is 0 Å². The van der Waals surface area contributed by atoms with Gasteiger partial charge in [-0.3, -0.25) is 9.59 Å². The lowest BCUT2D eigenvalue weighted by molar-refractivity contribution is -0.142. The number of rotatable bonds is 6. The van der Waals surface area contributed by atoms with Gasteiger partial charge in [0.2, 0.25) is 11.8 Å². The summed E-state index contributed by atoms with van der Waals surface area (Å²) in [7, 11) is 0. The van der Waals surface area contributed by atoms with Gasteiger partial charge in [0.15, 0.2) is 0 Å². The van der Waals surface area contributed by atoms with Crippen molar-refractivity contribution in [3.05, 3.63) is 40.7 Å². The molecule has 0 bridgehead atoms. The van der Waals surface area contributed by atoms with Gasteiger partial charge in [-0.1, -0.05) is 17.7 Å². The number of carboxylic acids is 1. The lowest BCUT2D eigenvalue weighted by Gasteiger charge is -2.10. The second-order valence-electron chi connectivity index (χ2n) is 4.08. The maximum absolute atomic E-state index is 12.9. The molecule has 0 saturated carbocycles. The van der Waals surface area contributed by atoms with E-state index >= 15 is 0 Å². The number of hydrogen-bond acceptors (Lipinski definition) is 3. The van der Waals surface area contributed by atoms with Crippen molar-refractivity contribution in [1.29, 1.82) is 0 Å². The van der Waals surface area contributed by atoms with E-state index in [-0.39, 0.29) is 5.02 Å². The molecule has 0 aliphatic heterocycles. The van der Waals surface area contributed by atoms with Crippen LogP contribution in [0.25, 0.3) is 6.08 Å². The lowest BCUT2D eigenvalue weighted by atomic mass is 10.2. The highest BCUT2D eigenvalue weighted by Crippen LogP contribution is 2.16. The van der Waals surface area contributed by atoms with E-state index in [9.17, 15) is 18.8 Å². The van der Waals surface area contributed by atoms with Crippen LogP contribution >= 0.6 is 11.6 Å². The third-order valence-corrected chi connectivity index (χ3v) is 2.68. The third kappa shape index (κ3) is 5.62. The predicted molar refractivity (Wildman–Crippen MR) is 73.8 cm³/mol. The summed E-state index contributed by atoms with van der Waals surface area (Å²) in [6.45, 7) is 0. The zero-order chi connectivity index (χ0) is 16.0. The van der Waals surface area contributed by atoms with Crippen LogP contribution in [-0.4, -0.2) is 28.9 Å². The van der Waals surface area contributed by atoms with Crippen LogP contribution < -0.4 is 11.1 Å². The van der Waals surface area contributed by atoms with Gasteiger partial charge in [0.05, 0.1) is 11.4 Å². The van der Waals surface area contributed by atoms with E-state index in [1.54, 1.807) is 0 Å². The SMILES string of the molecule is NC(=O)CC(NC(=O)/C=C/c1ccc(F)c(Cl)c1)C(=O)O. The summed E-state index contributed by atoms with van der Waals surface area (Å²) >= 11 is 5.57. The van der Waals surface area contributed by atoms with Gasteiger partial charge in [0, 0.05) is 6.08 Å². The molecule has 0 fully saturated rings. The zero-order valence-electron chi connectivity index (χ0n) is 10.7. The highest BCUT2D eigenvalue weighted by Gasteiger charge is 2.20. The molecule has 21 heavy (non-hydrogen) atoms. The number of halogens is 2. The van der Waals surface area contributed by atoms with E-state index in [2.05, 4.69) is 5.32 Å². The predicted octanol–water partition coefficient (Wildman–Crippen LogP) is 0.937. The molecule has 0 saturated heterocycles. The molecule has 0 aliphatic rings. The molecule has 1 unspecified atom stereocenters. The number of nitrogens with one attached hydrogen (secondary N) is 1. The Hall–Kier alpha value is -2.41. The molecule has 0 aromatic heterocycles. The van der Waals surface area contributed by atoms with E-state index in [1.807, 2.05) is 0 Å². The summed E-state index contributed by atoms with van der Waals surface area (Å²) in [5, 5.41) is 10.8. The first-order valence-electron chi connectivity index (χ1n) is 5.74. The molecule has 1 aromatic rings. The Kier molecular flexibility index (Phi) is 5.86. The van der Waals surface area contributed by atoms with Crippen molar-refractivity contribution in [1.82, 2.24) is 5.32 Å². The first-order valence-corrected chi connectivity index (χ1v) is 6.12. The van der Waals surface area contributed by atoms with Gasteiger partial charge in [-0.15, -0.1) is 0 Å². The molecule has 6 nitrogen and oxygen atoms in total. The van der Waals surface area contributed by atoms with Gasteiger partial charge < -0.3 is 16.2 Å². The highest BCUT2D eigenvalue weighted by atomic mass is 35.5. The standard InChI is InChI=1S/C13H12ClFN2O4/c14-8-5-7(1-3-9(8)15)2-4-12(19)17-10(13(20)21)6-11(16)18/h1-5,10H,6H2,(H2,16,18)(H,17,19)(H,20,21)/b4-2+. The van der Waals surface area contributed by atoms with E-state index in [0.29, 0.717) is 5.56 Å². The van der Waals surface area contributed by atoms with Crippen LogP contribution in [0.1, 0.15) is 12.0 Å². The van der Waals surface area contributed by atoms with Gasteiger partial charge in [-0.25, -0.2) is 9.18 Å². The Balaban J connectivity index is 2.70. The summed E-state index contributed by atoms with van der Waals surface area (Å²) in [5.74, 6) is -3.55. The summed E-state index contributed by atoms with van der Waals surface area (Å²) in [6.07, 6.45) is 1.85. The molecule has 112 valence electrons. The first-order chi connectivity index (χ1) is 9.79. The van der Waals surface area contributed by atoms with E-state index < -0.39 is 36.1 Å². The van der Waals surface area contributed by atoms with E-state index in [0.717, 1.165) is 12.1 Å².